The van der Waals surface area contributed by atoms with E-state index in [1.165, 1.54) is 0 Å². The van der Waals surface area contributed by atoms with Crippen molar-refractivity contribution in [1.29, 1.82) is 0 Å². The highest BCUT2D eigenvalue weighted by molar-refractivity contribution is 5.71. The second kappa shape index (κ2) is 4.78. The van der Waals surface area contributed by atoms with Crippen LogP contribution in [0.3, 0.4) is 0 Å². The summed E-state index contributed by atoms with van der Waals surface area (Å²) in [5, 5.41) is 8.71. The lowest BCUT2D eigenvalue weighted by Crippen LogP contribution is -2.32. The molecule has 1 aliphatic carbocycles. The van der Waals surface area contributed by atoms with Gasteiger partial charge < -0.3 is 9.84 Å². The summed E-state index contributed by atoms with van der Waals surface area (Å²) in [5.41, 5.74) is 0. The van der Waals surface area contributed by atoms with Gasteiger partial charge in [-0.25, -0.2) is 4.79 Å². The minimum absolute atomic E-state index is 0.146. The quantitative estimate of drug-likeness (QED) is 0.760. The Labute approximate surface area is 85.5 Å². The summed E-state index contributed by atoms with van der Waals surface area (Å²) in [7, 11) is 0. The number of hydrogen-bond donors (Lipinski definition) is 1. The van der Waals surface area contributed by atoms with E-state index in [4.69, 9.17) is 9.84 Å². The van der Waals surface area contributed by atoms with Crippen molar-refractivity contribution in [2.24, 2.45) is 11.8 Å². The third-order valence-corrected chi connectivity index (χ3v) is 3.29. The van der Waals surface area contributed by atoms with Crippen LogP contribution in [0, 0.1) is 11.8 Å². The van der Waals surface area contributed by atoms with Gasteiger partial charge in [-0.2, -0.15) is 0 Å². The molecule has 1 aliphatic rings. The average molecular weight is 200 g/mol. The first-order chi connectivity index (χ1) is 6.50. The first-order valence-electron chi connectivity index (χ1n) is 5.39. The zero-order valence-corrected chi connectivity index (χ0v) is 9.19. The minimum atomic E-state index is -0.865. The lowest BCUT2D eigenvalue weighted by Gasteiger charge is -2.32. The van der Waals surface area contributed by atoms with Crippen molar-refractivity contribution in [2.45, 2.75) is 52.2 Å². The zero-order chi connectivity index (χ0) is 10.7. The summed E-state index contributed by atoms with van der Waals surface area (Å²) < 4.78 is 5.47. The molecule has 0 aromatic rings. The van der Waals surface area contributed by atoms with Crippen molar-refractivity contribution in [3.63, 3.8) is 0 Å². The van der Waals surface area contributed by atoms with Gasteiger partial charge in [-0.15, -0.1) is 0 Å². The summed E-state index contributed by atoms with van der Waals surface area (Å²) in [6.45, 7) is 6.07. The molecule has 0 amide bonds. The topological polar surface area (TPSA) is 46.5 Å². The van der Waals surface area contributed by atoms with Gasteiger partial charge in [0.1, 0.15) is 0 Å². The van der Waals surface area contributed by atoms with Crippen molar-refractivity contribution in [1.82, 2.24) is 0 Å². The van der Waals surface area contributed by atoms with Gasteiger partial charge in [0.2, 0.25) is 0 Å². The van der Waals surface area contributed by atoms with Gasteiger partial charge in [0.25, 0.3) is 0 Å². The molecule has 1 saturated carbocycles. The minimum Gasteiger partial charge on any atom is -0.479 e. The highest BCUT2D eigenvalue weighted by Crippen LogP contribution is 2.31. The third-order valence-electron chi connectivity index (χ3n) is 3.29. The second-order valence-electron chi connectivity index (χ2n) is 4.51. The van der Waals surface area contributed by atoms with E-state index in [0.29, 0.717) is 5.92 Å². The maximum absolute atomic E-state index is 10.6. The van der Waals surface area contributed by atoms with E-state index in [2.05, 4.69) is 13.8 Å². The van der Waals surface area contributed by atoms with Crippen LogP contribution in [0.25, 0.3) is 0 Å². The summed E-state index contributed by atoms with van der Waals surface area (Å²) in [6.07, 6.45) is 2.63. The van der Waals surface area contributed by atoms with Crippen molar-refractivity contribution in [2.75, 3.05) is 0 Å². The van der Waals surface area contributed by atoms with Crippen molar-refractivity contribution in [3.8, 4) is 0 Å². The Bertz CT molecular complexity index is 203. The molecule has 1 fully saturated rings. The Morgan fingerprint density at radius 2 is 2.00 bits per heavy atom. The highest BCUT2D eigenvalue weighted by Gasteiger charge is 2.27. The normalized spacial score (nSPS) is 35.2. The van der Waals surface area contributed by atoms with Crippen molar-refractivity contribution in [3.05, 3.63) is 0 Å². The van der Waals surface area contributed by atoms with Gasteiger partial charge in [0.15, 0.2) is 6.10 Å². The number of carboxylic acid groups (broad SMARTS) is 1. The Balaban J connectivity index is 2.36. The molecular weight excluding hydrogens is 180 g/mol. The van der Waals surface area contributed by atoms with E-state index in [1.54, 1.807) is 6.92 Å². The van der Waals surface area contributed by atoms with E-state index in [-0.39, 0.29) is 6.10 Å². The number of carboxylic acids is 1. The lowest BCUT2D eigenvalue weighted by atomic mass is 9.80. The first kappa shape index (κ1) is 11.5. The van der Waals surface area contributed by atoms with E-state index in [1.807, 2.05) is 0 Å². The van der Waals surface area contributed by atoms with Crippen molar-refractivity contribution < 1.29 is 14.6 Å². The van der Waals surface area contributed by atoms with Crippen LogP contribution >= 0.6 is 0 Å². The van der Waals surface area contributed by atoms with Crippen LogP contribution in [0.1, 0.15) is 40.0 Å². The molecule has 82 valence electrons. The molecule has 3 unspecified atom stereocenters. The SMILES string of the molecule is CC1CCC(O[C@H](C)C(=O)O)CC1C. The maximum Gasteiger partial charge on any atom is 0.332 e. The number of ether oxygens (including phenoxy) is 1. The van der Waals surface area contributed by atoms with E-state index in [0.717, 1.165) is 25.2 Å². The van der Waals surface area contributed by atoms with Gasteiger partial charge in [0, 0.05) is 0 Å². The van der Waals surface area contributed by atoms with E-state index in [9.17, 15) is 4.79 Å². The summed E-state index contributed by atoms with van der Waals surface area (Å²) in [5.74, 6) is 0.529. The van der Waals surface area contributed by atoms with E-state index >= 15 is 0 Å². The van der Waals surface area contributed by atoms with Crippen LogP contribution in [-0.2, 0) is 9.53 Å². The van der Waals surface area contributed by atoms with Crippen molar-refractivity contribution >= 4 is 5.97 Å². The summed E-state index contributed by atoms with van der Waals surface area (Å²) in [4.78, 5) is 10.6. The van der Waals surface area contributed by atoms with Gasteiger partial charge in [-0.1, -0.05) is 13.8 Å². The Morgan fingerprint density at radius 1 is 1.36 bits per heavy atom. The molecule has 0 aromatic heterocycles. The third kappa shape index (κ3) is 2.98. The van der Waals surface area contributed by atoms with Gasteiger partial charge in [-0.3, -0.25) is 0 Å². The van der Waals surface area contributed by atoms with Crippen LogP contribution in [0.5, 0.6) is 0 Å². The standard InChI is InChI=1S/C11H20O3/c1-7-4-5-10(6-8(7)2)14-9(3)11(12)13/h7-10H,4-6H2,1-3H3,(H,12,13)/t7?,8?,9-,10?/m1/s1. The van der Waals surface area contributed by atoms with Gasteiger partial charge in [0.05, 0.1) is 6.10 Å². The molecule has 3 heteroatoms. The fourth-order valence-corrected chi connectivity index (χ4v) is 1.97. The average Bonchev–Trinajstić information content (AvgIpc) is 2.11. The first-order valence-corrected chi connectivity index (χ1v) is 5.39. The molecular formula is C11H20O3. The number of carbonyl (C=O) groups is 1. The molecule has 1 rings (SSSR count). The molecule has 3 nitrogen and oxygen atoms in total. The Morgan fingerprint density at radius 3 is 2.50 bits per heavy atom. The van der Waals surface area contributed by atoms with Gasteiger partial charge >= 0.3 is 5.97 Å². The fraction of sp³-hybridized carbons (Fsp3) is 0.909. The van der Waals surface area contributed by atoms with E-state index < -0.39 is 12.1 Å². The van der Waals surface area contributed by atoms with Crippen LogP contribution in [0.2, 0.25) is 0 Å². The summed E-state index contributed by atoms with van der Waals surface area (Å²) in [6, 6.07) is 0. The van der Waals surface area contributed by atoms with Gasteiger partial charge in [-0.05, 0) is 38.0 Å². The monoisotopic (exact) mass is 200 g/mol. The molecule has 0 aliphatic heterocycles. The predicted molar refractivity (Wildman–Crippen MR) is 54.1 cm³/mol. The smallest absolute Gasteiger partial charge is 0.332 e. The molecule has 4 atom stereocenters. The predicted octanol–water partition coefficient (Wildman–Crippen LogP) is 2.30. The molecule has 0 spiro atoms. The zero-order valence-electron chi connectivity index (χ0n) is 9.19. The van der Waals surface area contributed by atoms with Crippen LogP contribution in [0.4, 0.5) is 0 Å². The number of hydrogen-bond acceptors (Lipinski definition) is 2. The molecule has 0 heterocycles. The number of aliphatic carboxylic acids is 1. The maximum atomic E-state index is 10.6. The molecule has 1 N–H and O–H groups in total. The molecule has 0 radical (unpaired) electrons. The highest BCUT2D eigenvalue weighted by atomic mass is 16.5. The lowest BCUT2D eigenvalue weighted by molar-refractivity contribution is -0.154. The fourth-order valence-electron chi connectivity index (χ4n) is 1.97. The molecule has 0 aromatic carbocycles. The summed E-state index contributed by atoms with van der Waals surface area (Å²) >= 11 is 0. The second-order valence-corrected chi connectivity index (χ2v) is 4.51. The molecule has 0 saturated heterocycles. The number of rotatable bonds is 3. The Hall–Kier alpha value is -0.570. The van der Waals surface area contributed by atoms with Crippen LogP contribution in [0.15, 0.2) is 0 Å². The van der Waals surface area contributed by atoms with Crippen LogP contribution in [-0.4, -0.2) is 23.3 Å². The molecule has 0 bridgehead atoms. The van der Waals surface area contributed by atoms with Crippen LogP contribution < -0.4 is 0 Å². The molecule has 14 heavy (non-hydrogen) atoms. The Kier molecular flexibility index (Phi) is 3.93. The largest absolute Gasteiger partial charge is 0.479 e.